The molecule has 8 heteroatoms. The number of aromatic carboxylic acids is 1. The first kappa shape index (κ1) is 19.6. The molecule has 4 N–H and O–H groups in total. The summed E-state index contributed by atoms with van der Waals surface area (Å²) in [4.78, 5) is 46.0. The maximum absolute atomic E-state index is 12.4. The predicted molar refractivity (Wildman–Crippen MR) is 95.3 cm³/mol. The Hall–Kier alpha value is -3.68. The second kappa shape index (κ2) is 8.61. The molecule has 2 rings (SSSR count). The van der Waals surface area contributed by atoms with E-state index >= 15 is 0 Å². The van der Waals surface area contributed by atoms with Crippen LogP contribution in [0.1, 0.15) is 33.2 Å². The molecule has 0 spiro atoms. The maximum Gasteiger partial charge on any atom is 0.335 e. The molecule has 27 heavy (non-hydrogen) atoms. The molecule has 0 fully saturated rings. The molecule has 0 aliphatic carbocycles. The number of nitrogens with one attached hydrogen (secondary N) is 1. The number of amides is 2. The minimum atomic E-state index is -1.06. The van der Waals surface area contributed by atoms with Gasteiger partial charge in [-0.3, -0.25) is 14.4 Å². The third kappa shape index (κ3) is 5.67. The van der Waals surface area contributed by atoms with Crippen molar-refractivity contribution < 1.29 is 29.0 Å². The van der Waals surface area contributed by atoms with E-state index in [0.29, 0.717) is 5.56 Å². The Morgan fingerprint density at radius 1 is 1.07 bits per heavy atom. The smallest absolute Gasteiger partial charge is 0.335 e. The molecule has 0 aliphatic heterocycles. The fourth-order valence-electron chi connectivity index (χ4n) is 2.35. The van der Waals surface area contributed by atoms with E-state index in [1.54, 1.807) is 12.1 Å². The minimum Gasteiger partial charge on any atom is -0.478 e. The van der Waals surface area contributed by atoms with Gasteiger partial charge in [-0.2, -0.15) is 0 Å². The molecule has 0 radical (unpaired) electrons. The Kier molecular flexibility index (Phi) is 6.27. The predicted octanol–water partition coefficient (Wildman–Crippen LogP) is 1.14. The third-order valence-corrected chi connectivity index (χ3v) is 3.65. The number of carbonyl (C=O) groups excluding carboxylic acids is 3. The Labute approximate surface area is 154 Å². The number of hydrogen-bond donors (Lipinski definition) is 3. The minimum absolute atomic E-state index is 0.102. The van der Waals surface area contributed by atoms with Crippen molar-refractivity contribution >= 4 is 23.8 Å². The van der Waals surface area contributed by atoms with Crippen LogP contribution in [-0.4, -0.2) is 34.9 Å². The SMILES string of the molecule is CC(=O)Oc1cccc(C(=O)N[C@H](Cc2ccc(C(=O)O)cc2)C(N)=O)c1. The third-order valence-electron chi connectivity index (χ3n) is 3.65. The molecule has 0 aromatic heterocycles. The monoisotopic (exact) mass is 370 g/mol. The molecule has 2 amide bonds. The lowest BCUT2D eigenvalue weighted by atomic mass is 10.0. The maximum atomic E-state index is 12.4. The molecule has 1 atom stereocenters. The topological polar surface area (TPSA) is 136 Å². The van der Waals surface area contributed by atoms with Gasteiger partial charge in [0.2, 0.25) is 5.91 Å². The highest BCUT2D eigenvalue weighted by atomic mass is 16.5. The van der Waals surface area contributed by atoms with E-state index < -0.39 is 29.8 Å². The zero-order valence-corrected chi connectivity index (χ0v) is 14.5. The molecular weight excluding hydrogens is 352 g/mol. The molecule has 2 aromatic rings. The first-order chi connectivity index (χ1) is 12.8. The van der Waals surface area contributed by atoms with Gasteiger partial charge in [-0.15, -0.1) is 0 Å². The van der Waals surface area contributed by atoms with Gasteiger partial charge >= 0.3 is 11.9 Å². The number of carbonyl (C=O) groups is 4. The van der Waals surface area contributed by atoms with E-state index in [2.05, 4.69) is 5.32 Å². The summed E-state index contributed by atoms with van der Waals surface area (Å²) >= 11 is 0. The number of esters is 1. The lowest BCUT2D eigenvalue weighted by Gasteiger charge is -2.16. The van der Waals surface area contributed by atoms with Crippen LogP contribution in [0, 0.1) is 0 Å². The largest absolute Gasteiger partial charge is 0.478 e. The lowest BCUT2D eigenvalue weighted by molar-refractivity contribution is -0.131. The number of rotatable bonds is 7. The van der Waals surface area contributed by atoms with Gasteiger partial charge in [0.1, 0.15) is 11.8 Å². The molecular formula is C19H18N2O6. The van der Waals surface area contributed by atoms with E-state index in [1.807, 2.05) is 0 Å². The molecule has 0 aliphatic rings. The Morgan fingerprint density at radius 2 is 1.74 bits per heavy atom. The number of ether oxygens (including phenoxy) is 1. The van der Waals surface area contributed by atoms with Gasteiger partial charge in [0.25, 0.3) is 5.91 Å². The van der Waals surface area contributed by atoms with E-state index in [4.69, 9.17) is 15.6 Å². The fourth-order valence-corrected chi connectivity index (χ4v) is 2.35. The molecule has 8 nitrogen and oxygen atoms in total. The van der Waals surface area contributed by atoms with Crippen molar-refractivity contribution in [3.05, 3.63) is 65.2 Å². The first-order valence-corrected chi connectivity index (χ1v) is 7.97. The molecule has 0 unspecified atom stereocenters. The average Bonchev–Trinajstić information content (AvgIpc) is 2.61. The van der Waals surface area contributed by atoms with E-state index in [0.717, 1.165) is 0 Å². The van der Waals surface area contributed by atoms with Crippen molar-refractivity contribution in [2.24, 2.45) is 5.73 Å². The summed E-state index contributed by atoms with van der Waals surface area (Å²) in [5, 5.41) is 11.4. The molecule has 0 heterocycles. The van der Waals surface area contributed by atoms with E-state index in [1.165, 1.54) is 43.3 Å². The van der Waals surface area contributed by atoms with Crippen LogP contribution in [0.2, 0.25) is 0 Å². The summed E-state index contributed by atoms with van der Waals surface area (Å²) in [6, 6.07) is 10.8. The van der Waals surface area contributed by atoms with Crippen LogP contribution in [-0.2, 0) is 16.0 Å². The zero-order chi connectivity index (χ0) is 20.0. The van der Waals surface area contributed by atoms with E-state index in [9.17, 15) is 19.2 Å². The van der Waals surface area contributed by atoms with Gasteiger partial charge in [0.15, 0.2) is 0 Å². The normalized spacial score (nSPS) is 11.3. The van der Waals surface area contributed by atoms with Crippen LogP contribution in [0.3, 0.4) is 0 Å². The highest BCUT2D eigenvalue weighted by Crippen LogP contribution is 2.14. The van der Waals surface area contributed by atoms with E-state index in [-0.39, 0.29) is 23.3 Å². The summed E-state index contributed by atoms with van der Waals surface area (Å²) in [7, 11) is 0. The van der Waals surface area contributed by atoms with Crippen LogP contribution >= 0.6 is 0 Å². The van der Waals surface area contributed by atoms with Crippen LogP contribution in [0.15, 0.2) is 48.5 Å². The first-order valence-electron chi connectivity index (χ1n) is 7.97. The van der Waals surface area contributed by atoms with Gasteiger partial charge in [-0.1, -0.05) is 18.2 Å². The van der Waals surface area contributed by atoms with Gasteiger partial charge in [-0.05, 0) is 35.9 Å². The number of nitrogens with two attached hydrogens (primary N) is 1. The van der Waals surface area contributed by atoms with Crippen molar-refractivity contribution in [1.82, 2.24) is 5.32 Å². The molecule has 0 saturated heterocycles. The summed E-state index contributed by atoms with van der Waals surface area (Å²) in [5.74, 6) is -2.67. The Bertz CT molecular complexity index is 876. The van der Waals surface area contributed by atoms with Gasteiger partial charge in [0.05, 0.1) is 5.56 Å². The summed E-state index contributed by atoms with van der Waals surface area (Å²) in [6.45, 7) is 1.24. The number of carboxylic acid groups (broad SMARTS) is 1. The number of carboxylic acids is 1. The van der Waals surface area contributed by atoms with Gasteiger partial charge < -0.3 is 20.9 Å². The van der Waals surface area contributed by atoms with Crippen molar-refractivity contribution in [1.29, 1.82) is 0 Å². The zero-order valence-electron chi connectivity index (χ0n) is 14.5. The quantitative estimate of drug-likeness (QED) is 0.494. The van der Waals surface area contributed by atoms with Gasteiger partial charge in [-0.25, -0.2) is 4.79 Å². The van der Waals surface area contributed by atoms with Crippen molar-refractivity contribution in [2.45, 2.75) is 19.4 Å². The summed E-state index contributed by atoms with van der Waals surface area (Å²) in [6.07, 6.45) is 0.102. The lowest BCUT2D eigenvalue weighted by Crippen LogP contribution is -2.45. The van der Waals surface area contributed by atoms with Crippen LogP contribution < -0.4 is 15.8 Å². The Morgan fingerprint density at radius 3 is 2.30 bits per heavy atom. The molecule has 0 saturated carbocycles. The fraction of sp³-hybridized carbons (Fsp3) is 0.158. The van der Waals surface area contributed by atoms with Crippen molar-refractivity contribution in [2.75, 3.05) is 0 Å². The van der Waals surface area contributed by atoms with Gasteiger partial charge in [0, 0.05) is 18.9 Å². The second-order valence-electron chi connectivity index (χ2n) is 5.76. The molecule has 140 valence electrons. The number of benzene rings is 2. The second-order valence-corrected chi connectivity index (χ2v) is 5.76. The molecule has 2 aromatic carbocycles. The van der Waals surface area contributed by atoms with Crippen LogP contribution in [0.5, 0.6) is 5.75 Å². The number of primary amides is 1. The van der Waals surface area contributed by atoms with Crippen LogP contribution in [0.4, 0.5) is 0 Å². The summed E-state index contributed by atoms with van der Waals surface area (Å²) in [5.41, 5.74) is 6.31. The standard InChI is InChI=1S/C19H18N2O6/c1-11(22)27-15-4-2-3-14(10-15)18(24)21-16(17(20)23)9-12-5-7-13(8-6-12)19(25)26/h2-8,10,16H,9H2,1H3,(H2,20,23)(H,21,24)(H,25,26)/t16-/m1/s1. The molecule has 0 bridgehead atoms. The highest BCUT2D eigenvalue weighted by Gasteiger charge is 2.20. The van der Waals surface area contributed by atoms with Crippen LogP contribution in [0.25, 0.3) is 0 Å². The number of hydrogen-bond acceptors (Lipinski definition) is 5. The van der Waals surface area contributed by atoms with Crippen molar-refractivity contribution in [3.8, 4) is 5.75 Å². The highest BCUT2D eigenvalue weighted by molar-refractivity contribution is 5.97. The Balaban J connectivity index is 2.11. The average molecular weight is 370 g/mol. The van der Waals surface area contributed by atoms with Crippen molar-refractivity contribution in [3.63, 3.8) is 0 Å². The summed E-state index contributed by atoms with van der Waals surface area (Å²) < 4.78 is 4.93.